The Bertz CT molecular complexity index is 627. The van der Waals surface area contributed by atoms with Crippen molar-refractivity contribution >= 4 is 29.9 Å². The van der Waals surface area contributed by atoms with Crippen molar-refractivity contribution in [3.05, 3.63) is 29.8 Å². The number of halogens is 1. The van der Waals surface area contributed by atoms with Crippen LogP contribution in [0.4, 0.5) is 0 Å². The number of methoxy groups -OCH3 is 1. The zero-order chi connectivity index (χ0) is 20.5. The van der Waals surface area contributed by atoms with Gasteiger partial charge in [0.2, 0.25) is 0 Å². The Morgan fingerprint density at radius 1 is 1.13 bits per heavy atom. The lowest BCUT2D eigenvalue weighted by atomic mass is 9.93. The lowest BCUT2D eigenvalue weighted by Gasteiger charge is -2.34. The largest absolute Gasteiger partial charge is 0.497 e. The van der Waals surface area contributed by atoms with E-state index >= 15 is 0 Å². The summed E-state index contributed by atoms with van der Waals surface area (Å²) in [5, 5.41) is 16.8. The van der Waals surface area contributed by atoms with Crippen LogP contribution in [0.2, 0.25) is 0 Å². The molecule has 170 valence electrons. The molecule has 0 radical (unpaired) electrons. The van der Waals surface area contributed by atoms with Gasteiger partial charge in [0.1, 0.15) is 5.75 Å². The maximum atomic E-state index is 9.76. The van der Waals surface area contributed by atoms with Crippen LogP contribution in [-0.2, 0) is 0 Å². The predicted octanol–water partition coefficient (Wildman–Crippen LogP) is 3.70. The molecule has 1 atom stereocenters. The molecule has 1 saturated heterocycles. The number of aliphatic hydroxyl groups is 1. The quantitative estimate of drug-likeness (QED) is 0.285. The Morgan fingerprint density at radius 3 is 2.40 bits per heavy atom. The molecule has 1 aromatic rings. The highest BCUT2D eigenvalue weighted by molar-refractivity contribution is 14.0. The normalized spacial score (nSPS) is 23.9. The molecule has 2 fully saturated rings. The van der Waals surface area contributed by atoms with Gasteiger partial charge >= 0.3 is 0 Å². The number of aliphatic hydroxyl groups excluding tert-OH is 1. The van der Waals surface area contributed by atoms with E-state index in [1.54, 1.807) is 7.11 Å². The SMILES string of the molecule is CCNC(=NCC(c1ccc(OC)cc1)N1CCCCC1)NC1CCC(O)CC1.I. The van der Waals surface area contributed by atoms with Gasteiger partial charge in [-0.2, -0.15) is 0 Å². The second-order valence-corrected chi connectivity index (χ2v) is 8.25. The highest BCUT2D eigenvalue weighted by Crippen LogP contribution is 2.27. The fraction of sp³-hybridized carbons (Fsp3) is 0.696. The van der Waals surface area contributed by atoms with Gasteiger partial charge in [0.15, 0.2) is 5.96 Å². The van der Waals surface area contributed by atoms with E-state index in [1.807, 2.05) is 12.1 Å². The van der Waals surface area contributed by atoms with Crippen molar-refractivity contribution in [1.82, 2.24) is 15.5 Å². The molecule has 30 heavy (non-hydrogen) atoms. The summed E-state index contributed by atoms with van der Waals surface area (Å²) in [5.41, 5.74) is 1.30. The van der Waals surface area contributed by atoms with Crippen molar-refractivity contribution in [3.8, 4) is 5.75 Å². The molecule has 1 aliphatic heterocycles. The number of nitrogens with one attached hydrogen (secondary N) is 2. The van der Waals surface area contributed by atoms with Gasteiger partial charge < -0.3 is 20.5 Å². The van der Waals surface area contributed by atoms with Gasteiger partial charge in [0.25, 0.3) is 0 Å². The molecule has 6 nitrogen and oxygen atoms in total. The van der Waals surface area contributed by atoms with Gasteiger partial charge in [0, 0.05) is 12.6 Å². The highest BCUT2D eigenvalue weighted by Gasteiger charge is 2.23. The number of aliphatic imine (C=N–C) groups is 1. The van der Waals surface area contributed by atoms with Crippen LogP contribution < -0.4 is 15.4 Å². The smallest absolute Gasteiger partial charge is 0.191 e. The number of piperidine rings is 1. The number of benzene rings is 1. The van der Waals surface area contributed by atoms with Crippen LogP contribution in [-0.4, -0.2) is 61.4 Å². The molecule has 1 aliphatic carbocycles. The monoisotopic (exact) mass is 530 g/mol. The number of rotatable bonds is 7. The van der Waals surface area contributed by atoms with Crippen molar-refractivity contribution in [3.63, 3.8) is 0 Å². The zero-order valence-electron chi connectivity index (χ0n) is 18.5. The second-order valence-electron chi connectivity index (χ2n) is 8.25. The van der Waals surface area contributed by atoms with Crippen LogP contribution >= 0.6 is 24.0 Å². The molecular weight excluding hydrogens is 491 g/mol. The minimum Gasteiger partial charge on any atom is -0.497 e. The van der Waals surface area contributed by atoms with Crippen molar-refractivity contribution in [2.75, 3.05) is 33.3 Å². The minimum absolute atomic E-state index is 0. The van der Waals surface area contributed by atoms with Crippen molar-refractivity contribution < 1.29 is 9.84 Å². The van der Waals surface area contributed by atoms with Crippen molar-refractivity contribution in [2.45, 2.75) is 70.1 Å². The first-order valence-corrected chi connectivity index (χ1v) is 11.3. The molecule has 7 heteroatoms. The first-order valence-electron chi connectivity index (χ1n) is 11.3. The Balaban J connectivity index is 0.00000320. The third kappa shape index (κ3) is 7.57. The summed E-state index contributed by atoms with van der Waals surface area (Å²) in [6, 6.07) is 9.13. The van der Waals surface area contributed by atoms with Gasteiger partial charge in [-0.1, -0.05) is 18.6 Å². The molecule has 3 N–H and O–H groups in total. The standard InChI is InChI=1S/C23H38N4O2.HI/c1-3-24-23(26-19-9-11-20(28)12-10-19)25-17-22(27-15-5-4-6-16-27)18-7-13-21(29-2)14-8-18;/h7-8,13-14,19-20,22,28H,3-6,9-12,15-17H2,1-2H3,(H2,24,25,26);1H. The summed E-state index contributed by atoms with van der Waals surface area (Å²) < 4.78 is 5.34. The van der Waals surface area contributed by atoms with Crippen molar-refractivity contribution in [1.29, 1.82) is 0 Å². The number of hydrogen-bond donors (Lipinski definition) is 3. The van der Waals surface area contributed by atoms with Crippen LogP contribution in [0, 0.1) is 0 Å². The maximum Gasteiger partial charge on any atom is 0.191 e. The van der Waals surface area contributed by atoms with Crippen LogP contribution in [0.25, 0.3) is 0 Å². The summed E-state index contributed by atoms with van der Waals surface area (Å²) in [4.78, 5) is 7.56. The highest BCUT2D eigenvalue weighted by atomic mass is 127. The minimum atomic E-state index is -0.133. The van der Waals surface area contributed by atoms with Gasteiger partial charge in [-0.3, -0.25) is 9.89 Å². The summed E-state index contributed by atoms with van der Waals surface area (Å²) >= 11 is 0. The van der Waals surface area contributed by atoms with Crippen LogP contribution in [0.5, 0.6) is 5.75 Å². The third-order valence-electron chi connectivity index (χ3n) is 6.14. The van der Waals surface area contributed by atoms with Gasteiger partial charge in [-0.05, 0) is 76.2 Å². The summed E-state index contributed by atoms with van der Waals surface area (Å²) in [6.45, 7) is 5.95. The average molecular weight is 530 g/mol. The number of guanidine groups is 1. The zero-order valence-corrected chi connectivity index (χ0v) is 20.8. The predicted molar refractivity (Wildman–Crippen MR) is 134 cm³/mol. The number of hydrogen-bond acceptors (Lipinski definition) is 4. The molecule has 2 aliphatic rings. The van der Waals surface area contributed by atoms with E-state index in [9.17, 15) is 5.11 Å². The molecule has 1 saturated carbocycles. The number of nitrogens with zero attached hydrogens (tertiary/aromatic N) is 2. The average Bonchev–Trinajstić information content (AvgIpc) is 2.77. The number of likely N-dealkylation sites (tertiary alicyclic amines) is 1. The van der Waals surface area contributed by atoms with E-state index in [4.69, 9.17) is 9.73 Å². The van der Waals surface area contributed by atoms with Crippen LogP contribution in [0.1, 0.15) is 63.5 Å². The fourth-order valence-corrected chi connectivity index (χ4v) is 4.40. The molecule has 0 spiro atoms. The third-order valence-corrected chi connectivity index (χ3v) is 6.14. The van der Waals surface area contributed by atoms with E-state index in [-0.39, 0.29) is 36.1 Å². The van der Waals surface area contributed by atoms with E-state index in [2.05, 4.69) is 34.6 Å². The molecule has 1 unspecified atom stereocenters. The van der Waals surface area contributed by atoms with E-state index in [1.165, 1.54) is 24.8 Å². The first kappa shape index (κ1) is 25.2. The van der Waals surface area contributed by atoms with Crippen LogP contribution in [0.15, 0.2) is 29.3 Å². The molecular formula is C23H39IN4O2. The molecule has 1 heterocycles. The topological polar surface area (TPSA) is 69.1 Å². The Kier molecular flexibility index (Phi) is 11.2. The Morgan fingerprint density at radius 2 is 1.80 bits per heavy atom. The molecule has 0 aromatic heterocycles. The lowest BCUT2D eigenvalue weighted by Crippen LogP contribution is -2.46. The second kappa shape index (κ2) is 13.4. The maximum absolute atomic E-state index is 9.76. The molecule has 1 aromatic carbocycles. The van der Waals surface area contributed by atoms with E-state index in [0.29, 0.717) is 6.04 Å². The Labute approximate surface area is 198 Å². The number of ether oxygens (including phenoxy) is 1. The van der Waals surface area contributed by atoms with Crippen LogP contribution in [0.3, 0.4) is 0 Å². The van der Waals surface area contributed by atoms with E-state index < -0.39 is 0 Å². The van der Waals surface area contributed by atoms with Gasteiger partial charge in [-0.15, -0.1) is 24.0 Å². The fourth-order valence-electron chi connectivity index (χ4n) is 4.40. The lowest BCUT2D eigenvalue weighted by molar-refractivity contribution is 0.120. The molecule has 3 rings (SSSR count). The molecule has 0 amide bonds. The van der Waals surface area contributed by atoms with Gasteiger partial charge in [0.05, 0.1) is 25.8 Å². The summed E-state index contributed by atoms with van der Waals surface area (Å²) in [7, 11) is 1.71. The van der Waals surface area contributed by atoms with Crippen molar-refractivity contribution in [2.24, 2.45) is 4.99 Å². The van der Waals surface area contributed by atoms with Gasteiger partial charge in [-0.25, -0.2) is 0 Å². The first-order chi connectivity index (χ1) is 14.2. The molecule has 0 bridgehead atoms. The Hall–Kier alpha value is -1.06. The summed E-state index contributed by atoms with van der Waals surface area (Å²) in [5.74, 6) is 1.79. The van der Waals surface area contributed by atoms with E-state index in [0.717, 1.165) is 63.6 Å². The summed E-state index contributed by atoms with van der Waals surface area (Å²) in [6.07, 6.45) is 7.47.